The first kappa shape index (κ1) is 25.2. The maximum Gasteiger partial charge on any atom is 0.335 e. The van der Waals surface area contributed by atoms with E-state index in [-0.39, 0.29) is 17.0 Å². The second-order valence-electron chi connectivity index (χ2n) is 9.10. The summed E-state index contributed by atoms with van der Waals surface area (Å²) in [6, 6.07) is 18.7. The van der Waals surface area contributed by atoms with Crippen molar-refractivity contribution in [2.45, 2.75) is 44.2 Å². The number of ether oxygens (including phenoxy) is 1. The van der Waals surface area contributed by atoms with E-state index in [2.05, 4.69) is 12.5 Å². The summed E-state index contributed by atoms with van der Waals surface area (Å²) >= 11 is 0. The first-order valence-electron chi connectivity index (χ1n) is 10.9. The minimum atomic E-state index is -4.08. The number of nitrogens with zero attached hydrogens (tertiary/aromatic N) is 1. The SMILES string of the molecule is C#CCN(C(C(=C)C(=O)OC(C)(C)C)c1ccc2ccccc2c1)S(=O)(=O)c1ccc(C)cc1. The van der Waals surface area contributed by atoms with Crippen LogP contribution in [0.25, 0.3) is 10.8 Å². The van der Waals surface area contributed by atoms with Gasteiger partial charge in [-0.1, -0.05) is 66.6 Å². The number of rotatable bonds is 7. The summed E-state index contributed by atoms with van der Waals surface area (Å²) in [6.07, 6.45) is 5.61. The van der Waals surface area contributed by atoms with E-state index in [0.29, 0.717) is 5.56 Å². The van der Waals surface area contributed by atoms with Crippen molar-refractivity contribution in [3.8, 4) is 12.3 Å². The van der Waals surface area contributed by atoms with Crippen LogP contribution in [0.15, 0.2) is 83.8 Å². The average molecular weight is 476 g/mol. The molecule has 0 saturated heterocycles. The van der Waals surface area contributed by atoms with Gasteiger partial charge in [-0.15, -0.1) is 6.42 Å². The molecular formula is C28H29NO4S. The lowest BCUT2D eigenvalue weighted by Gasteiger charge is -2.32. The summed E-state index contributed by atoms with van der Waals surface area (Å²) in [5.41, 5.74) is 0.698. The molecule has 0 bridgehead atoms. The lowest BCUT2D eigenvalue weighted by molar-refractivity contribution is -0.150. The number of hydrogen-bond donors (Lipinski definition) is 0. The van der Waals surface area contributed by atoms with Crippen molar-refractivity contribution in [2.24, 2.45) is 0 Å². The number of benzene rings is 3. The van der Waals surface area contributed by atoms with Gasteiger partial charge in [0.05, 0.1) is 23.1 Å². The zero-order chi connectivity index (χ0) is 25.1. The highest BCUT2D eigenvalue weighted by atomic mass is 32.2. The van der Waals surface area contributed by atoms with Crippen molar-refractivity contribution in [3.05, 3.63) is 90.0 Å². The summed E-state index contributed by atoms with van der Waals surface area (Å²) < 4.78 is 34.2. The fourth-order valence-electron chi connectivity index (χ4n) is 3.63. The normalized spacial score (nSPS) is 12.8. The maximum absolute atomic E-state index is 13.8. The molecule has 0 aliphatic rings. The standard InChI is InChI=1S/C28H29NO4S/c1-7-18-29(34(31,32)25-16-12-20(2)13-17-25)26(21(3)27(30)33-28(4,5)6)24-15-14-22-10-8-9-11-23(22)19-24/h1,8-17,19,26H,3,18H2,2,4-6H3. The van der Waals surface area contributed by atoms with Gasteiger partial charge in [0.2, 0.25) is 10.0 Å². The van der Waals surface area contributed by atoms with Crippen molar-refractivity contribution in [1.29, 1.82) is 0 Å². The Bertz CT molecular complexity index is 1360. The third kappa shape index (κ3) is 5.56. The first-order valence-corrected chi connectivity index (χ1v) is 12.3. The largest absolute Gasteiger partial charge is 0.457 e. The lowest BCUT2D eigenvalue weighted by atomic mass is 9.96. The number of sulfonamides is 1. The van der Waals surface area contributed by atoms with Crippen LogP contribution in [0.1, 0.15) is 37.9 Å². The van der Waals surface area contributed by atoms with Gasteiger partial charge < -0.3 is 4.74 Å². The molecule has 1 unspecified atom stereocenters. The highest BCUT2D eigenvalue weighted by Gasteiger charge is 2.37. The Hall–Kier alpha value is -3.40. The Labute approximate surface area is 202 Å². The second-order valence-corrected chi connectivity index (χ2v) is 11.0. The summed E-state index contributed by atoms with van der Waals surface area (Å²) in [6.45, 7) is 10.8. The van der Waals surface area contributed by atoms with E-state index in [0.717, 1.165) is 20.6 Å². The second kappa shape index (κ2) is 9.84. The number of esters is 1. The van der Waals surface area contributed by atoms with Crippen LogP contribution in [0, 0.1) is 19.3 Å². The summed E-state index contributed by atoms with van der Waals surface area (Å²) in [4.78, 5) is 13.1. The van der Waals surface area contributed by atoms with E-state index in [9.17, 15) is 13.2 Å². The molecular weight excluding hydrogens is 446 g/mol. The van der Waals surface area contributed by atoms with Gasteiger partial charge in [0.1, 0.15) is 5.60 Å². The Morgan fingerprint density at radius 3 is 2.26 bits per heavy atom. The van der Waals surface area contributed by atoms with Crippen LogP contribution in [0.3, 0.4) is 0 Å². The molecule has 0 aliphatic carbocycles. The van der Waals surface area contributed by atoms with E-state index < -0.39 is 27.6 Å². The highest BCUT2D eigenvalue weighted by molar-refractivity contribution is 7.89. The minimum Gasteiger partial charge on any atom is -0.457 e. The van der Waals surface area contributed by atoms with Gasteiger partial charge in [-0.2, -0.15) is 4.31 Å². The molecule has 0 amide bonds. The Morgan fingerprint density at radius 1 is 1.06 bits per heavy atom. The molecule has 0 aromatic heterocycles. The van der Waals surface area contributed by atoms with Crippen LogP contribution < -0.4 is 0 Å². The molecule has 0 fully saturated rings. The van der Waals surface area contributed by atoms with E-state index in [4.69, 9.17) is 11.2 Å². The molecule has 3 rings (SSSR count). The van der Waals surface area contributed by atoms with Crippen LogP contribution in [0.5, 0.6) is 0 Å². The molecule has 0 aliphatic heterocycles. The van der Waals surface area contributed by atoms with Crippen LogP contribution in [0.2, 0.25) is 0 Å². The average Bonchev–Trinajstić information content (AvgIpc) is 2.77. The molecule has 0 saturated carbocycles. The van der Waals surface area contributed by atoms with Crippen LogP contribution in [0.4, 0.5) is 0 Å². The van der Waals surface area contributed by atoms with Gasteiger partial charge in [-0.25, -0.2) is 13.2 Å². The molecule has 176 valence electrons. The summed E-state index contributed by atoms with van der Waals surface area (Å²) in [5.74, 6) is 1.75. The summed E-state index contributed by atoms with van der Waals surface area (Å²) in [7, 11) is -4.08. The number of carbonyl (C=O) groups excluding carboxylic acids is 1. The topological polar surface area (TPSA) is 63.7 Å². The summed E-state index contributed by atoms with van der Waals surface area (Å²) in [5, 5.41) is 1.88. The van der Waals surface area contributed by atoms with Crippen molar-refractivity contribution >= 4 is 26.8 Å². The molecule has 5 nitrogen and oxygen atoms in total. The van der Waals surface area contributed by atoms with Crippen molar-refractivity contribution in [3.63, 3.8) is 0 Å². The number of aryl methyl sites for hydroxylation is 1. The first-order chi connectivity index (χ1) is 15.9. The predicted molar refractivity (Wildman–Crippen MR) is 136 cm³/mol. The van der Waals surface area contributed by atoms with Gasteiger partial charge in [0.25, 0.3) is 0 Å². The van der Waals surface area contributed by atoms with Crippen LogP contribution in [-0.4, -0.2) is 30.8 Å². The van der Waals surface area contributed by atoms with Crippen molar-refractivity contribution < 1.29 is 17.9 Å². The van der Waals surface area contributed by atoms with Gasteiger partial charge >= 0.3 is 5.97 Å². The minimum absolute atomic E-state index is 0.0175. The fraction of sp³-hybridized carbons (Fsp3) is 0.250. The predicted octanol–water partition coefficient (Wildman–Crippen LogP) is 5.41. The smallest absolute Gasteiger partial charge is 0.335 e. The molecule has 3 aromatic carbocycles. The van der Waals surface area contributed by atoms with E-state index in [1.807, 2.05) is 43.3 Å². The quantitative estimate of drug-likeness (QED) is 0.260. The molecule has 34 heavy (non-hydrogen) atoms. The van der Waals surface area contributed by atoms with E-state index >= 15 is 0 Å². The van der Waals surface area contributed by atoms with Gasteiger partial charge in [0, 0.05) is 0 Å². The monoisotopic (exact) mass is 475 g/mol. The van der Waals surface area contributed by atoms with Crippen LogP contribution >= 0.6 is 0 Å². The zero-order valence-electron chi connectivity index (χ0n) is 19.9. The number of fused-ring (bicyclic) bond motifs is 1. The molecule has 1 atom stereocenters. The van der Waals surface area contributed by atoms with Gasteiger partial charge in [-0.3, -0.25) is 0 Å². The number of terminal acetylenes is 1. The van der Waals surface area contributed by atoms with Gasteiger partial charge in [-0.05, 0) is 62.2 Å². The molecule has 3 aromatic rings. The van der Waals surface area contributed by atoms with Crippen molar-refractivity contribution in [2.75, 3.05) is 6.54 Å². The molecule has 0 heterocycles. The molecule has 0 N–H and O–H groups in total. The van der Waals surface area contributed by atoms with E-state index in [1.165, 1.54) is 12.1 Å². The van der Waals surface area contributed by atoms with E-state index in [1.54, 1.807) is 39.0 Å². The Kier molecular flexibility index (Phi) is 7.30. The zero-order valence-corrected chi connectivity index (χ0v) is 20.7. The number of hydrogen-bond acceptors (Lipinski definition) is 4. The third-order valence-electron chi connectivity index (χ3n) is 5.24. The Balaban J connectivity index is 2.20. The fourth-order valence-corrected chi connectivity index (χ4v) is 5.15. The molecule has 0 radical (unpaired) electrons. The Morgan fingerprint density at radius 2 is 1.68 bits per heavy atom. The third-order valence-corrected chi connectivity index (χ3v) is 7.07. The van der Waals surface area contributed by atoms with Gasteiger partial charge in [0.15, 0.2) is 0 Å². The highest BCUT2D eigenvalue weighted by Crippen LogP contribution is 2.35. The maximum atomic E-state index is 13.8. The number of carbonyl (C=O) groups is 1. The van der Waals surface area contributed by atoms with Crippen LogP contribution in [-0.2, 0) is 19.6 Å². The molecule has 6 heteroatoms. The van der Waals surface area contributed by atoms with Crippen molar-refractivity contribution in [1.82, 2.24) is 4.31 Å². The molecule has 0 spiro atoms. The lowest BCUT2D eigenvalue weighted by Crippen LogP contribution is -2.38.